The summed E-state index contributed by atoms with van der Waals surface area (Å²) in [7, 11) is -4.50. The van der Waals surface area contributed by atoms with E-state index in [2.05, 4.69) is 15.0 Å². The predicted molar refractivity (Wildman–Crippen MR) is 131 cm³/mol. The Morgan fingerprint density at radius 2 is 1.67 bits per heavy atom. The molecule has 1 N–H and O–H groups in total. The molecule has 0 bridgehead atoms. The van der Waals surface area contributed by atoms with Crippen LogP contribution < -0.4 is 10.1 Å². The Kier molecular flexibility index (Phi) is 8.51. The van der Waals surface area contributed by atoms with Crippen LogP contribution in [0.25, 0.3) is 11.3 Å². The Morgan fingerprint density at radius 1 is 1.05 bits per heavy atom. The predicted octanol–water partition coefficient (Wildman–Crippen LogP) is 5.61. The molecular weight excluding hydrogens is 602 g/mol. The normalized spacial score (nSPS) is 20.0. The van der Waals surface area contributed by atoms with Crippen LogP contribution in [0.4, 0.5) is 35.1 Å². The molecule has 0 aliphatic carbocycles. The van der Waals surface area contributed by atoms with Crippen LogP contribution in [0, 0.1) is 5.82 Å². The van der Waals surface area contributed by atoms with Gasteiger partial charge >= 0.3 is 12.5 Å². The molecule has 1 aliphatic rings. The van der Waals surface area contributed by atoms with Crippen LogP contribution in [0.5, 0.6) is 5.75 Å². The molecule has 226 valence electrons. The second-order valence-electron chi connectivity index (χ2n) is 9.31. The maximum absolute atomic E-state index is 14.7. The Balaban J connectivity index is 1.61. The highest BCUT2D eigenvalue weighted by molar-refractivity contribution is 7.89. The standard InChI is InChI=1S/C26H21F8N3O4S/c1-14-20(28)11-22(37(14)42(39,40)19-8-6-18(27)7-9-19)24(38)36-12-16-10-21(35-13-23(16)41-26(32,33)34)15-2-4-17(5-3-15)25(29,30)31/h2-10,13-14,20,22H,11-12H2,1H3,(H,36,38). The number of carbonyl (C=O) groups is 1. The van der Waals surface area contributed by atoms with Gasteiger partial charge < -0.3 is 10.1 Å². The number of nitrogens with one attached hydrogen (secondary N) is 1. The van der Waals surface area contributed by atoms with Crippen molar-refractivity contribution in [3.05, 3.63) is 77.7 Å². The number of aromatic nitrogens is 1. The Bertz CT molecular complexity index is 1550. The topological polar surface area (TPSA) is 88.6 Å². The summed E-state index contributed by atoms with van der Waals surface area (Å²) in [4.78, 5) is 16.5. The molecule has 1 aromatic heterocycles. The molecule has 4 rings (SSSR count). The summed E-state index contributed by atoms with van der Waals surface area (Å²) in [6.45, 7) is 0.556. The summed E-state index contributed by atoms with van der Waals surface area (Å²) in [6, 6.07) is 5.38. The number of rotatable bonds is 7. The van der Waals surface area contributed by atoms with Crippen molar-refractivity contribution in [1.82, 2.24) is 14.6 Å². The van der Waals surface area contributed by atoms with E-state index in [0.717, 1.165) is 54.6 Å². The Hall–Kier alpha value is -3.79. The summed E-state index contributed by atoms with van der Waals surface area (Å²) in [5.41, 5.74) is -1.22. The number of alkyl halides is 7. The first kappa shape index (κ1) is 31.2. The van der Waals surface area contributed by atoms with E-state index in [0.29, 0.717) is 10.5 Å². The zero-order chi connectivity index (χ0) is 31.0. The number of pyridine rings is 1. The first-order chi connectivity index (χ1) is 19.5. The van der Waals surface area contributed by atoms with Crippen molar-refractivity contribution in [2.45, 2.75) is 55.6 Å². The minimum Gasteiger partial charge on any atom is -0.404 e. The molecule has 0 spiro atoms. The molecule has 42 heavy (non-hydrogen) atoms. The number of nitrogens with zero attached hydrogens (tertiary/aromatic N) is 2. The Morgan fingerprint density at radius 3 is 2.24 bits per heavy atom. The molecule has 3 atom stereocenters. The molecule has 1 fully saturated rings. The van der Waals surface area contributed by atoms with E-state index in [9.17, 15) is 48.3 Å². The average Bonchev–Trinajstić information content (AvgIpc) is 3.21. The van der Waals surface area contributed by atoms with Gasteiger partial charge in [-0.05, 0) is 49.4 Å². The van der Waals surface area contributed by atoms with Gasteiger partial charge in [0.25, 0.3) is 0 Å². The number of benzene rings is 2. The summed E-state index contributed by atoms with van der Waals surface area (Å²) in [5.74, 6) is -2.61. The lowest BCUT2D eigenvalue weighted by atomic mass is 10.1. The largest absolute Gasteiger partial charge is 0.573 e. The highest BCUT2D eigenvalue weighted by Gasteiger charge is 2.49. The van der Waals surface area contributed by atoms with Crippen LogP contribution in [0.15, 0.2) is 65.7 Å². The molecule has 7 nitrogen and oxygen atoms in total. The van der Waals surface area contributed by atoms with E-state index in [-0.39, 0.29) is 16.8 Å². The van der Waals surface area contributed by atoms with Gasteiger partial charge in [0, 0.05) is 24.1 Å². The molecule has 2 heterocycles. The van der Waals surface area contributed by atoms with Gasteiger partial charge in [0.1, 0.15) is 18.0 Å². The summed E-state index contributed by atoms with van der Waals surface area (Å²) in [5, 5.41) is 2.28. The number of ether oxygens (including phenoxy) is 1. The smallest absolute Gasteiger partial charge is 0.404 e. The van der Waals surface area contributed by atoms with Crippen molar-refractivity contribution >= 4 is 15.9 Å². The van der Waals surface area contributed by atoms with Gasteiger partial charge in [-0.2, -0.15) is 17.5 Å². The van der Waals surface area contributed by atoms with Crippen LogP contribution in [0.2, 0.25) is 0 Å². The lowest BCUT2D eigenvalue weighted by Crippen LogP contribution is -2.48. The van der Waals surface area contributed by atoms with Crippen LogP contribution in [-0.4, -0.2) is 48.2 Å². The van der Waals surface area contributed by atoms with E-state index in [1.165, 1.54) is 6.92 Å². The molecular formula is C26H21F8N3O4S. The maximum Gasteiger partial charge on any atom is 0.573 e. The zero-order valence-corrected chi connectivity index (χ0v) is 22.2. The van der Waals surface area contributed by atoms with Gasteiger partial charge in [-0.15, -0.1) is 13.2 Å². The number of sulfonamides is 1. The van der Waals surface area contributed by atoms with Gasteiger partial charge in [0.05, 0.1) is 28.4 Å². The van der Waals surface area contributed by atoms with E-state index >= 15 is 0 Å². The van der Waals surface area contributed by atoms with E-state index < -0.39 is 81.7 Å². The summed E-state index contributed by atoms with van der Waals surface area (Å²) in [6.07, 6.45) is -11.5. The van der Waals surface area contributed by atoms with Gasteiger partial charge in [-0.3, -0.25) is 9.78 Å². The van der Waals surface area contributed by atoms with E-state index in [1.807, 2.05) is 0 Å². The van der Waals surface area contributed by atoms with Gasteiger partial charge in [-0.1, -0.05) is 12.1 Å². The second kappa shape index (κ2) is 11.5. The summed E-state index contributed by atoms with van der Waals surface area (Å²) < 4.78 is 137. The number of amides is 1. The van der Waals surface area contributed by atoms with Crippen LogP contribution in [0.3, 0.4) is 0 Å². The Labute approximate surface area is 234 Å². The number of halogens is 8. The molecule has 1 aliphatic heterocycles. The second-order valence-corrected chi connectivity index (χ2v) is 11.2. The summed E-state index contributed by atoms with van der Waals surface area (Å²) >= 11 is 0. The minimum atomic E-state index is -5.17. The van der Waals surface area contributed by atoms with Crippen LogP contribution in [0.1, 0.15) is 24.5 Å². The molecule has 0 radical (unpaired) electrons. The fourth-order valence-electron chi connectivity index (χ4n) is 4.42. The van der Waals surface area contributed by atoms with E-state index in [4.69, 9.17) is 0 Å². The van der Waals surface area contributed by atoms with Gasteiger partial charge in [0.15, 0.2) is 5.75 Å². The first-order valence-electron chi connectivity index (χ1n) is 12.1. The average molecular weight is 624 g/mol. The number of hydrogen-bond acceptors (Lipinski definition) is 5. The molecule has 0 saturated carbocycles. The first-order valence-corrected chi connectivity index (χ1v) is 13.5. The third-order valence-electron chi connectivity index (χ3n) is 6.51. The highest BCUT2D eigenvalue weighted by Crippen LogP contribution is 2.35. The molecule has 16 heteroatoms. The van der Waals surface area contributed by atoms with Crippen molar-refractivity contribution in [3.63, 3.8) is 0 Å². The van der Waals surface area contributed by atoms with Crippen LogP contribution in [-0.2, 0) is 27.5 Å². The zero-order valence-electron chi connectivity index (χ0n) is 21.4. The molecule has 1 saturated heterocycles. The lowest BCUT2D eigenvalue weighted by molar-refractivity contribution is -0.275. The van der Waals surface area contributed by atoms with Crippen molar-refractivity contribution in [3.8, 4) is 17.0 Å². The monoisotopic (exact) mass is 623 g/mol. The molecule has 3 aromatic rings. The van der Waals surface area contributed by atoms with Gasteiger partial charge in [0.2, 0.25) is 15.9 Å². The van der Waals surface area contributed by atoms with Crippen LogP contribution >= 0.6 is 0 Å². The SMILES string of the molecule is CC1C(F)CC(C(=O)NCc2cc(-c3ccc(C(F)(F)F)cc3)ncc2OC(F)(F)F)N1S(=O)(=O)c1ccc(F)cc1. The molecule has 1 amide bonds. The fraction of sp³-hybridized carbons (Fsp3) is 0.308. The van der Waals surface area contributed by atoms with E-state index in [1.54, 1.807) is 0 Å². The molecule has 2 aromatic carbocycles. The van der Waals surface area contributed by atoms with Crippen molar-refractivity contribution in [1.29, 1.82) is 0 Å². The fourth-order valence-corrected chi connectivity index (χ4v) is 6.23. The third-order valence-corrected chi connectivity index (χ3v) is 8.52. The molecule has 3 unspecified atom stereocenters. The maximum atomic E-state index is 14.7. The highest BCUT2D eigenvalue weighted by atomic mass is 32.2. The van der Waals surface area contributed by atoms with Crippen molar-refractivity contribution in [2.75, 3.05) is 0 Å². The van der Waals surface area contributed by atoms with Crippen molar-refractivity contribution < 1.29 is 53.1 Å². The quantitative estimate of drug-likeness (QED) is 0.346. The third kappa shape index (κ3) is 6.81. The number of hydrogen-bond donors (Lipinski definition) is 1. The van der Waals surface area contributed by atoms with Crippen molar-refractivity contribution in [2.24, 2.45) is 0 Å². The minimum absolute atomic E-state index is 0.0543. The lowest BCUT2D eigenvalue weighted by Gasteiger charge is -2.27. The number of carbonyl (C=O) groups excluding carboxylic acids is 1. The van der Waals surface area contributed by atoms with Gasteiger partial charge in [-0.25, -0.2) is 17.2 Å².